The van der Waals surface area contributed by atoms with Gasteiger partial charge in [-0.3, -0.25) is 10.8 Å². The van der Waals surface area contributed by atoms with Gasteiger partial charge in [0.15, 0.2) is 5.04 Å². The van der Waals surface area contributed by atoms with Gasteiger partial charge >= 0.3 is 0 Å². The van der Waals surface area contributed by atoms with Crippen LogP contribution in [0.15, 0.2) is 17.1 Å². The number of rotatable bonds is 2. The van der Waals surface area contributed by atoms with Crippen molar-refractivity contribution >= 4 is 37.0 Å². The maximum Gasteiger partial charge on any atom is 0.277 e. The quantitative estimate of drug-likeness (QED) is 0.348. The highest BCUT2D eigenvalue weighted by Gasteiger charge is 2.09. The summed E-state index contributed by atoms with van der Waals surface area (Å²) >= 11 is 0. The van der Waals surface area contributed by atoms with Crippen molar-refractivity contribution < 1.29 is 8.42 Å². The van der Waals surface area contributed by atoms with Crippen LogP contribution >= 0.6 is 10.7 Å². The van der Waals surface area contributed by atoms with E-state index in [0.29, 0.717) is 0 Å². The van der Waals surface area contributed by atoms with Gasteiger partial charge in [0, 0.05) is 10.7 Å². The van der Waals surface area contributed by atoms with Crippen LogP contribution in [0.4, 0.5) is 0 Å². The summed E-state index contributed by atoms with van der Waals surface area (Å²) in [6, 6.07) is 0. The summed E-state index contributed by atoms with van der Waals surface area (Å²) in [7, 11) is 0.783. The Morgan fingerprint density at radius 1 is 1.38 bits per heavy atom. The highest BCUT2D eigenvalue weighted by molar-refractivity contribution is 8.25. The zero-order valence-corrected chi connectivity index (χ0v) is 7.93. The zero-order valence-electron chi connectivity index (χ0n) is 6.36. The second-order valence-corrected chi connectivity index (χ2v) is 4.33. The first kappa shape index (κ1) is 11.8. The number of amidine groups is 1. The van der Waals surface area contributed by atoms with E-state index in [0.717, 1.165) is 18.5 Å². The Morgan fingerprint density at radius 2 is 1.92 bits per heavy atom. The van der Waals surface area contributed by atoms with Crippen LogP contribution < -0.4 is 5.73 Å². The van der Waals surface area contributed by atoms with Gasteiger partial charge in [-0.1, -0.05) is 0 Å². The average Bonchev–Trinajstić information content (AvgIpc) is 1.99. The summed E-state index contributed by atoms with van der Waals surface area (Å²) in [5.41, 5.74) is 4.86. The van der Waals surface area contributed by atoms with E-state index >= 15 is 0 Å². The largest absolute Gasteiger partial charge is 0.390 e. The number of nitrogens with one attached hydrogen (secondary N) is 2. The molecule has 0 aliphatic heterocycles. The molecule has 0 radical (unpaired) electrons. The lowest BCUT2D eigenvalue weighted by molar-refractivity contribution is 0.619. The number of nitrogens with zero attached hydrogens (tertiary/aromatic N) is 1. The summed E-state index contributed by atoms with van der Waals surface area (Å²) in [5, 5.41) is 13.1. The first-order valence-electron chi connectivity index (χ1n) is 2.92. The third-order valence-electron chi connectivity index (χ3n) is 0.869. The standard InChI is InChI=1S/C5H7ClN4O2S/c6-13(11,12)5(9)2-1-4(8)10-3-7/h1-3,9H,(H3,7,8,10)/b2-1-,9-5?. The number of aliphatic imine (C=N–C) groups is 1. The predicted octanol–water partition coefficient (Wildman–Crippen LogP) is 0.0527. The summed E-state index contributed by atoms with van der Waals surface area (Å²) in [6.07, 6.45) is 2.72. The molecule has 0 aromatic heterocycles. The van der Waals surface area contributed by atoms with Crippen LogP contribution in [-0.4, -0.2) is 25.6 Å². The van der Waals surface area contributed by atoms with Gasteiger partial charge in [-0.05, 0) is 12.2 Å². The van der Waals surface area contributed by atoms with Crippen molar-refractivity contribution in [2.24, 2.45) is 10.7 Å². The van der Waals surface area contributed by atoms with E-state index in [-0.39, 0.29) is 5.84 Å². The lowest BCUT2D eigenvalue weighted by atomic mass is 10.5. The van der Waals surface area contributed by atoms with E-state index in [1.807, 2.05) is 0 Å². The summed E-state index contributed by atoms with van der Waals surface area (Å²) < 4.78 is 20.9. The van der Waals surface area contributed by atoms with Gasteiger partial charge in [0.1, 0.15) is 5.84 Å². The SMILES string of the molecule is N=C(/C=C\C(=N)S(=O)(=O)Cl)N=CN. The van der Waals surface area contributed by atoms with Crippen LogP contribution in [0.1, 0.15) is 0 Å². The fourth-order valence-electron chi connectivity index (χ4n) is 0.359. The van der Waals surface area contributed by atoms with Crippen LogP contribution in [0, 0.1) is 10.8 Å². The first-order chi connectivity index (χ1) is 5.88. The fraction of sp³-hybridized carbons (Fsp3) is 0. The Bertz CT molecular complexity index is 370. The number of halogens is 1. The number of nitrogens with two attached hydrogens (primary N) is 1. The van der Waals surface area contributed by atoms with Crippen molar-refractivity contribution in [2.45, 2.75) is 0 Å². The minimum absolute atomic E-state index is 0.271. The molecule has 0 amide bonds. The fourth-order valence-corrected chi connectivity index (χ4v) is 0.744. The molecule has 0 bridgehead atoms. The third-order valence-corrected chi connectivity index (χ3v) is 2.03. The van der Waals surface area contributed by atoms with Crippen molar-refractivity contribution in [1.29, 1.82) is 10.8 Å². The lowest BCUT2D eigenvalue weighted by Crippen LogP contribution is -2.03. The molecule has 0 fully saturated rings. The van der Waals surface area contributed by atoms with Gasteiger partial charge in [0.2, 0.25) is 0 Å². The Hall–Kier alpha value is -1.21. The van der Waals surface area contributed by atoms with E-state index in [9.17, 15) is 8.42 Å². The van der Waals surface area contributed by atoms with E-state index < -0.39 is 14.1 Å². The lowest BCUT2D eigenvalue weighted by Gasteiger charge is -1.89. The van der Waals surface area contributed by atoms with Gasteiger partial charge < -0.3 is 5.73 Å². The number of hydrogen-bond donors (Lipinski definition) is 3. The molecule has 0 rings (SSSR count). The molecule has 72 valence electrons. The monoisotopic (exact) mass is 222 g/mol. The van der Waals surface area contributed by atoms with Crippen LogP contribution in [-0.2, 0) is 9.05 Å². The molecular formula is C5H7ClN4O2S. The second kappa shape index (κ2) is 4.73. The predicted molar refractivity (Wildman–Crippen MR) is 52.0 cm³/mol. The Morgan fingerprint density at radius 3 is 2.31 bits per heavy atom. The molecule has 8 heteroatoms. The van der Waals surface area contributed by atoms with Crippen molar-refractivity contribution in [3.8, 4) is 0 Å². The maximum absolute atomic E-state index is 10.5. The van der Waals surface area contributed by atoms with E-state index in [1.54, 1.807) is 0 Å². The minimum atomic E-state index is -4.02. The molecule has 0 saturated heterocycles. The molecule has 6 nitrogen and oxygen atoms in total. The molecule has 0 aliphatic carbocycles. The zero-order chi connectivity index (χ0) is 10.5. The summed E-state index contributed by atoms with van der Waals surface area (Å²) in [4.78, 5) is 3.29. The molecule has 0 saturated carbocycles. The Kier molecular flexibility index (Phi) is 4.29. The summed E-state index contributed by atoms with van der Waals surface area (Å²) in [6.45, 7) is 0. The highest BCUT2D eigenvalue weighted by Crippen LogP contribution is 1.99. The molecule has 0 atom stereocenters. The van der Waals surface area contributed by atoms with Gasteiger partial charge in [-0.15, -0.1) is 0 Å². The van der Waals surface area contributed by atoms with Gasteiger partial charge in [-0.25, -0.2) is 13.4 Å². The molecule has 0 heterocycles. The molecule has 0 unspecified atom stereocenters. The van der Waals surface area contributed by atoms with Crippen molar-refractivity contribution in [1.82, 2.24) is 0 Å². The number of hydrogen-bond acceptors (Lipinski definition) is 4. The smallest absolute Gasteiger partial charge is 0.277 e. The second-order valence-electron chi connectivity index (χ2n) is 1.80. The summed E-state index contributed by atoms with van der Waals surface area (Å²) in [5.74, 6) is -0.271. The van der Waals surface area contributed by atoms with Crippen molar-refractivity contribution in [3.63, 3.8) is 0 Å². The normalized spacial score (nSPS) is 12.4. The van der Waals surface area contributed by atoms with Gasteiger partial charge in [0.05, 0.1) is 6.34 Å². The van der Waals surface area contributed by atoms with E-state index in [2.05, 4.69) is 4.99 Å². The van der Waals surface area contributed by atoms with E-state index in [1.165, 1.54) is 0 Å². The van der Waals surface area contributed by atoms with Crippen molar-refractivity contribution in [2.75, 3.05) is 0 Å². The maximum atomic E-state index is 10.5. The molecular weight excluding hydrogens is 216 g/mol. The third kappa shape index (κ3) is 5.10. The Labute approximate surface area is 79.5 Å². The van der Waals surface area contributed by atoms with Crippen molar-refractivity contribution in [3.05, 3.63) is 12.2 Å². The molecule has 0 aliphatic rings. The average molecular weight is 223 g/mol. The highest BCUT2D eigenvalue weighted by atomic mass is 35.7. The first-order valence-corrected chi connectivity index (χ1v) is 5.23. The molecule has 0 spiro atoms. The topological polar surface area (TPSA) is 120 Å². The molecule has 0 aromatic rings. The van der Waals surface area contributed by atoms with E-state index in [4.69, 9.17) is 27.2 Å². The minimum Gasteiger partial charge on any atom is -0.390 e. The van der Waals surface area contributed by atoms with Crippen LogP contribution in [0.3, 0.4) is 0 Å². The van der Waals surface area contributed by atoms with Gasteiger partial charge in [-0.2, -0.15) is 0 Å². The molecule has 13 heavy (non-hydrogen) atoms. The van der Waals surface area contributed by atoms with Gasteiger partial charge in [0.25, 0.3) is 9.05 Å². The van der Waals surface area contributed by atoms with Crippen LogP contribution in [0.2, 0.25) is 0 Å². The van der Waals surface area contributed by atoms with Crippen LogP contribution in [0.25, 0.3) is 0 Å². The van der Waals surface area contributed by atoms with Crippen LogP contribution in [0.5, 0.6) is 0 Å². The molecule has 4 N–H and O–H groups in total. The molecule has 0 aromatic carbocycles. The Balaban J connectivity index is 4.48.